The fourth-order valence-corrected chi connectivity index (χ4v) is 4.17. The molecule has 2 saturated carbocycles. The highest BCUT2D eigenvalue weighted by atomic mass is 16.5. The highest BCUT2D eigenvalue weighted by molar-refractivity contribution is 5.77. The summed E-state index contributed by atoms with van der Waals surface area (Å²) >= 11 is 0. The van der Waals surface area contributed by atoms with Gasteiger partial charge in [-0.1, -0.05) is 18.9 Å². The van der Waals surface area contributed by atoms with Gasteiger partial charge in [0.1, 0.15) is 6.10 Å². The second kappa shape index (κ2) is 6.93. The first-order chi connectivity index (χ1) is 10.3. The lowest BCUT2D eigenvalue weighted by molar-refractivity contribution is -0.151. The molecule has 118 valence electrons. The topological polar surface area (TPSA) is 38.8 Å². The van der Waals surface area contributed by atoms with Crippen LogP contribution < -0.4 is 0 Å². The Balaban J connectivity index is 1.58. The second-order valence-corrected chi connectivity index (χ2v) is 6.58. The predicted molar refractivity (Wildman–Crippen MR) is 81.0 cm³/mol. The van der Waals surface area contributed by atoms with Gasteiger partial charge in [-0.25, -0.2) is 0 Å². The van der Waals surface area contributed by atoms with Crippen molar-refractivity contribution in [3.05, 3.63) is 12.7 Å². The van der Waals surface area contributed by atoms with E-state index in [4.69, 9.17) is 9.47 Å². The normalized spacial score (nSPS) is 33.1. The molecular weight excluding hydrogens is 266 g/mol. The van der Waals surface area contributed by atoms with E-state index < -0.39 is 0 Å². The Hall–Kier alpha value is -0.870. The smallest absolute Gasteiger partial charge is 0.223 e. The SMILES string of the molecule is C=CCO[C@@H]1CC[C@@H]2[C@H]1OCCN2C(=O)CC1CCCC1. The van der Waals surface area contributed by atoms with Crippen molar-refractivity contribution in [3.8, 4) is 0 Å². The van der Waals surface area contributed by atoms with Gasteiger partial charge in [0, 0.05) is 13.0 Å². The molecule has 21 heavy (non-hydrogen) atoms. The Morgan fingerprint density at radius 1 is 1.29 bits per heavy atom. The lowest BCUT2D eigenvalue weighted by Gasteiger charge is -2.39. The van der Waals surface area contributed by atoms with E-state index in [1.165, 1.54) is 25.7 Å². The third-order valence-corrected chi connectivity index (χ3v) is 5.22. The standard InChI is InChI=1S/C17H27NO3/c1-2-10-20-15-8-7-14-17(15)21-11-9-18(14)16(19)12-13-5-3-4-6-13/h2,13-15,17H,1,3-12H2/t14-,15-,17-/m1/s1. The lowest BCUT2D eigenvalue weighted by Crippen LogP contribution is -2.54. The van der Waals surface area contributed by atoms with Crippen molar-refractivity contribution in [2.45, 2.75) is 63.2 Å². The van der Waals surface area contributed by atoms with Crippen LogP contribution in [-0.2, 0) is 14.3 Å². The van der Waals surface area contributed by atoms with E-state index in [0.717, 1.165) is 25.8 Å². The van der Waals surface area contributed by atoms with Gasteiger partial charge >= 0.3 is 0 Å². The number of amides is 1. The van der Waals surface area contributed by atoms with Gasteiger partial charge < -0.3 is 14.4 Å². The van der Waals surface area contributed by atoms with Gasteiger partial charge in [-0.05, 0) is 31.6 Å². The van der Waals surface area contributed by atoms with Crippen LogP contribution in [-0.4, -0.2) is 48.8 Å². The molecule has 0 radical (unpaired) electrons. The molecule has 4 heteroatoms. The van der Waals surface area contributed by atoms with E-state index >= 15 is 0 Å². The molecule has 0 N–H and O–H groups in total. The van der Waals surface area contributed by atoms with Gasteiger partial charge in [0.25, 0.3) is 0 Å². The van der Waals surface area contributed by atoms with E-state index in [1.54, 1.807) is 6.08 Å². The van der Waals surface area contributed by atoms with Crippen molar-refractivity contribution >= 4 is 5.91 Å². The number of morpholine rings is 1. The Kier molecular flexibility index (Phi) is 4.96. The molecule has 3 rings (SSSR count). The van der Waals surface area contributed by atoms with Crippen LogP contribution >= 0.6 is 0 Å². The summed E-state index contributed by atoms with van der Waals surface area (Å²) in [7, 11) is 0. The molecule has 1 amide bonds. The monoisotopic (exact) mass is 293 g/mol. The van der Waals surface area contributed by atoms with Gasteiger partial charge in [0.15, 0.2) is 0 Å². The van der Waals surface area contributed by atoms with Crippen LogP contribution in [0.5, 0.6) is 0 Å². The first-order valence-corrected chi connectivity index (χ1v) is 8.43. The number of rotatable bonds is 5. The molecule has 0 unspecified atom stereocenters. The van der Waals surface area contributed by atoms with Crippen molar-refractivity contribution < 1.29 is 14.3 Å². The number of nitrogens with zero attached hydrogens (tertiary/aromatic N) is 1. The average molecular weight is 293 g/mol. The predicted octanol–water partition coefficient (Wildman–Crippen LogP) is 2.53. The molecule has 1 aliphatic heterocycles. The quantitative estimate of drug-likeness (QED) is 0.731. The van der Waals surface area contributed by atoms with Gasteiger partial charge in [-0.2, -0.15) is 0 Å². The zero-order valence-electron chi connectivity index (χ0n) is 12.8. The number of fused-ring (bicyclic) bond motifs is 1. The van der Waals surface area contributed by atoms with Crippen LogP contribution in [0.3, 0.4) is 0 Å². The van der Waals surface area contributed by atoms with Crippen molar-refractivity contribution in [1.29, 1.82) is 0 Å². The Morgan fingerprint density at radius 2 is 2.10 bits per heavy atom. The van der Waals surface area contributed by atoms with Crippen LogP contribution in [0.4, 0.5) is 0 Å². The Morgan fingerprint density at radius 3 is 2.86 bits per heavy atom. The molecule has 0 aromatic heterocycles. The van der Waals surface area contributed by atoms with Gasteiger partial charge in [0.05, 0.1) is 25.4 Å². The largest absolute Gasteiger partial charge is 0.372 e. The molecule has 4 nitrogen and oxygen atoms in total. The summed E-state index contributed by atoms with van der Waals surface area (Å²) in [6.07, 6.45) is 9.74. The van der Waals surface area contributed by atoms with E-state index in [2.05, 4.69) is 11.5 Å². The van der Waals surface area contributed by atoms with Crippen molar-refractivity contribution in [2.75, 3.05) is 19.8 Å². The number of hydrogen-bond acceptors (Lipinski definition) is 3. The molecule has 0 spiro atoms. The fraction of sp³-hybridized carbons (Fsp3) is 0.824. The number of carbonyl (C=O) groups excluding carboxylic acids is 1. The maximum atomic E-state index is 12.6. The highest BCUT2D eigenvalue weighted by Gasteiger charge is 2.45. The molecule has 1 heterocycles. The summed E-state index contributed by atoms with van der Waals surface area (Å²) < 4.78 is 11.7. The Bertz CT molecular complexity index is 378. The summed E-state index contributed by atoms with van der Waals surface area (Å²) in [5.41, 5.74) is 0. The molecule has 0 aromatic carbocycles. The fourth-order valence-electron chi connectivity index (χ4n) is 4.17. The summed E-state index contributed by atoms with van der Waals surface area (Å²) in [6.45, 7) is 5.65. The van der Waals surface area contributed by atoms with E-state index in [0.29, 0.717) is 25.0 Å². The van der Waals surface area contributed by atoms with Crippen LogP contribution in [0, 0.1) is 5.92 Å². The van der Waals surface area contributed by atoms with Crippen LogP contribution in [0.1, 0.15) is 44.9 Å². The molecule has 3 atom stereocenters. The summed E-state index contributed by atoms with van der Waals surface area (Å²) in [5.74, 6) is 0.956. The number of ether oxygens (including phenoxy) is 2. The average Bonchev–Trinajstić information content (AvgIpc) is 3.14. The maximum absolute atomic E-state index is 12.6. The summed E-state index contributed by atoms with van der Waals surface area (Å²) in [5, 5.41) is 0. The van der Waals surface area contributed by atoms with Crippen LogP contribution in [0.2, 0.25) is 0 Å². The zero-order valence-corrected chi connectivity index (χ0v) is 12.8. The minimum atomic E-state index is 0.0613. The molecular formula is C17H27NO3. The second-order valence-electron chi connectivity index (χ2n) is 6.58. The third-order valence-electron chi connectivity index (χ3n) is 5.22. The Labute approximate surface area is 127 Å². The first-order valence-electron chi connectivity index (χ1n) is 8.43. The van der Waals surface area contributed by atoms with Crippen molar-refractivity contribution in [1.82, 2.24) is 4.90 Å². The van der Waals surface area contributed by atoms with Crippen LogP contribution in [0.25, 0.3) is 0 Å². The van der Waals surface area contributed by atoms with Gasteiger partial charge in [0.2, 0.25) is 5.91 Å². The number of carbonyl (C=O) groups is 1. The van der Waals surface area contributed by atoms with Crippen LogP contribution in [0.15, 0.2) is 12.7 Å². The molecule has 0 bridgehead atoms. The molecule has 0 aromatic rings. The van der Waals surface area contributed by atoms with Crippen molar-refractivity contribution in [2.24, 2.45) is 5.92 Å². The minimum Gasteiger partial charge on any atom is -0.372 e. The first kappa shape index (κ1) is 15.0. The van der Waals surface area contributed by atoms with E-state index in [-0.39, 0.29) is 18.2 Å². The third kappa shape index (κ3) is 3.32. The summed E-state index contributed by atoms with van der Waals surface area (Å²) in [6, 6.07) is 0.225. The highest BCUT2D eigenvalue weighted by Crippen LogP contribution is 2.34. The maximum Gasteiger partial charge on any atom is 0.223 e. The van der Waals surface area contributed by atoms with Gasteiger partial charge in [-0.3, -0.25) is 4.79 Å². The molecule has 1 saturated heterocycles. The minimum absolute atomic E-state index is 0.0613. The van der Waals surface area contributed by atoms with Gasteiger partial charge in [-0.15, -0.1) is 6.58 Å². The lowest BCUT2D eigenvalue weighted by atomic mass is 10.0. The summed E-state index contributed by atoms with van der Waals surface area (Å²) in [4.78, 5) is 14.7. The molecule has 3 fully saturated rings. The van der Waals surface area contributed by atoms with Crippen molar-refractivity contribution in [3.63, 3.8) is 0 Å². The zero-order chi connectivity index (χ0) is 14.7. The molecule has 3 aliphatic rings. The van der Waals surface area contributed by atoms with E-state index in [1.807, 2.05) is 0 Å². The number of hydrogen-bond donors (Lipinski definition) is 0. The van der Waals surface area contributed by atoms with E-state index in [9.17, 15) is 4.79 Å². The molecule has 2 aliphatic carbocycles.